The highest BCUT2D eigenvalue weighted by Crippen LogP contribution is 2.33. The molecule has 2 amide bonds. The number of anilines is 1. The summed E-state index contributed by atoms with van der Waals surface area (Å²) in [6.07, 6.45) is 6.76. The lowest BCUT2D eigenvalue weighted by Gasteiger charge is -2.19. The molecule has 0 spiro atoms. The molecule has 0 radical (unpaired) electrons. The average Bonchev–Trinajstić information content (AvgIpc) is 3.89. The van der Waals surface area contributed by atoms with Gasteiger partial charge in [0.15, 0.2) is 17.1 Å². The summed E-state index contributed by atoms with van der Waals surface area (Å²) in [7, 11) is 0. The van der Waals surface area contributed by atoms with Gasteiger partial charge in [0, 0.05) is 57.8 Å². The number of pyridine rings is 2. The third-order valence-electron chi connectivity index (χ3n) is 11.4. The van der Waals surface area contributed by atoms with Crippen LogP contribution in [-0.4, -0.2) is 51.0 Å². The van der Waals surface area contributed by atoms with Crippen molar-refractivity contribution in [3.05, 3.63) is 185 Å². The zero-order valence-electron chi connectivity index (χ0n) is 38.0. The van der Waals surface area contributed by atoms with Gasteiger partial charge in [-0.2, -0.15) is 5.10 Å². The van der Waals surface area contributed by atoms with Crippen molar-refractivity contribution in [2.45, 2.75) is 46.7 Å². The molecule has 4 aromatic carbocycles. The third kappa shape index (κ3) is 8.67. The summed E-state index contributed by atoms with van der Waals surface area (Å²) < 4.78 is 3.12. The third-order valence-corrected chi connectivity index (χ3v) is 11.4. The normalized spacial score (nSPS) is 11.7. The van der Waals surface area contributed by atoms with Crippen LogP contribution in [0.5, 0.6) is 0 Å². The van der Waals surface area contributed by atoms with Crippen molar-refractivity contribution in [1.82, 2.24) is 49.8 Å². The van der Waals surface area contributed by atoms with E-state index in [2.05, 4.69) is 66.6 Å². The number of carbonyl (C=O) groups excluding carboxylic acids is 2. The predicted octanol–water partition coefficient (Wildman–Crippen LogP) is 9.50. The number of carbonyl (C=O) groups is 2. The number of nitrogen functional groups attached to an aromatic ring is 1. The average molecular weight is 892 g/mol. The maximum Gasteiger partial charge on any atom is 0.259 e. The molecule has 13 heteroatoms. The lowest BCUT2D eigenvalue weighted by molar-refractivity contribution is 0.0933. The maximum atomic E-state index is 13.3. The Morgan fingerprint density at radius 1 is 0.588 bits per heavy atom. The molecule has 0 saturated heterocycles. The Labute approximate surface area is 392 Å². The van der Waals surface area contributed by atoms with Crippen LogP contribution in [0.15, 0.2) is 146 Å². The van der Waals surface area contributed by atoms with Crippen molar-refractivity contribution in [2.24, 2.45) is 0 Å². The van der Waals surface area contributed by atoms with Gasteiger partial charge in [0.25, 0.3) is 11.8 Å². The standard InChI is InChI=1S/C28H23N5O.C27H22N6O/c1-4-10-20-13-8-14-22-17-23(26(31-25(20)22)21-11-6-5-7-12-21)18(2)30-28(34)24-19(3)32-33-16-9-15-29-27(24)33;1-3-9-18-12-7-13-20-16-21(24(31-23(18)20)19-10-5-4-6-11-19)17(2)30-27(34)22-25(28)32-33-15-8-14-29-26(22)33/h5-9,11-18H,1-3H3,(H,30,34);4-8,10-17H,1-2H3,(H2,28,32)(H,30,34)/t18-;17-/m00/s1. The highest BCUT2D eigenvalue weighted by Gasteiger charge is 2.25. The SMILES string of the molecule is CC#Cc1cccc2cc([C@H](C)NC(=O)c3c(C)nn4cccnc34)c(-c3ccccc3)nc12.CC#Cc1cccc2cc([C@H](C)NC(=O)c3c(N)nn4cccnc34)c(-c3ccccc3)nc12. The number of aromatic nitrogens is 8. The first-order valence-corrected chi connectivity index (χ1v) is 22.0. The summed E-state index contributed by atoms with van der Waals surface area (Å²) in [5.41, 5.74) is 17.1. The number of benzene rings is 4. The van der Waals surface area contributed by atoms with Crippen molar-refractivity contribution in [3.8, 4) is 46.2 Å². The van der Waals surface area contributed by atoms with E-state index in [1.165, 1.54) is 4.52 Å². The number of amides is 2. The topological polar surface area (TPSA) is 170 Å². The van der Waals surface area contributed by atoms with E-state index in [0.29, 0.717) is 22.6 Å². The number of aryl methyl sites for hydroxylation is 1. The van der Waals surface area contributed by atoms with Gasteiger partial charge in [-0.15, -0.1) is 16.9 Å². The molecule has 2 atom stereocenters. The second-order valence-corrected chi connectivity index (χ2v) is 16.0. The van der Waals surface area contributed by atoms with Crippen LogP contribution in [0.2, 0.25) is 0 Å². The number of nitrogens with zero attached hydrogens (tertiary/aromatic N) is 8. The summed E-state index contributed by atoms with van der Waals surface area (Å²) in [6, 6.07) is 38.8. The first-order valence-electron chi connectivity index (χ1n) is 22.0. The monoisotopic (exact) mass is 891 g/mol. The number of fused-ring (bicyclic) bond motifs is 4. The zero-order valence-corrected chi connectivity index (χ0v) is 38.0. The van der Waals surface area contributed by atoms with Gasteiger partial charge in [-0.1, -0.05) is 96.8 Å². The summed E-state index contributed by atoms with van der Waals surface area (Å²) >= 11 is 0. The van der Waals surface area contributed by atoms with Crippen LogP contribution in [-0.2, 0) is 0 Å². The molecule has 10 aromatic rings. The minimum Gasteiger partial charge on any atom is -0.381 e. The van der Waals surface area contributed by atoms with Crippen LogP contribution in [0, 0.1) is 30.6 Å². The van der Waals surface area contributed by atoms with Gasteiger partial charge in [0.1, 0.15) is 11.1 Å². The first-order chi connectivity index (χ1) is 33.1. The lowest BCUT2D eigenvalue weighted by atomic mass is 9.97. The van der Waals surface area contributed by atoms with Gasteiger partial charge in [-0.05, 0) is 71.0 Å². The first kappa shape index (κ1) is 44.0. The molecule has 0 unspecified atom stereocenters. The van der Waals surface area contributed by atoms with Crippen LogP contribution >= 0.6 is 0 Å². The van der Waals surface area contributed by atoms with E-state index < -0.39 is 0 Å². The molecule has 10 rings (SSSR count). The van der Waals surface area contributed by atoms with E-state index in [4.69, 9.17) is 15.7 Å². The lowest BCUT2D eigenvalue weighted by Crippen LogP contribution is -2.28. The molecular formula is C55H45N11O2. The van der Waals surface area contributed by atoms with E-state index in [9.17, 15) is 9.59 Å². The van der Waals surface area contributed by atoms with Crippen molar-refractivity contribution in [1.29, 1.82) is 0 Å². The molecule has 13 nitrogen and oxygen atoms in total. The molecule has 0 bridgehead atoms. The van der Waals surface area contributed by atoms with Crippen LogP contribution in [0.3, 0.4) is 0 Å². The fourth-order valence-corrected chi connectivity index (χ4v) is 8.29. The Morgan fingerprint density at radius 2 is 1.04 bits per heavy atom. The summed E-state index contributed by atoms with van der Waals surface area (Å²) in [6.45, 7) is 9.34. The summed E-state index contributed by atoms with van der Waals surface area (Å²) in [5.74, 6) is 11.8. The Hall–Kier alpha value is -9.20. The summed E-state index contributed by atoms with van der Waals surface area (Å²) in [4.78, 5) is 45.3. The molecular weight excluding hydrogens is 847 g/mol. The molecule has 6 heterocycles. The predicted molar refractivity (Wildman–Crippen MR) is 266 cm³/mol. The van der Waals surface area contributed by atoms with Crippen LogP contribution < -0.4 is 16.4 Å². The van der Waals surface area contributed by atoms with Gasteiger partial charge in [-0.25, -0.2) is 29.0 Å². The van der Waals surface area contributed by atoms with Crippen LogP contribution in [0.1, 0.15) is 88.4 Å². The smallest absolute Gasteiger partial charge is 0.259 e. The van der Waals surface area contributed by atoms with Gasteiger partial charge in [-0.3, -0.25) is 9.59 Å². The van der Waals surface area contributed by atoms with Crippen LogP contribution in [0.4, 0.5) is 5.82 Å². The second-order valence-electron chi connectivity index (χ2n) is 16.0. The second kappa shape index (κ2) is 19.1. The molecule has 0 aliphatic heterocycles. The molecule has 332 valence electrons. The van der Waals surface area contributed by atoms with E-state index >= 15 is 0 Å². The number of hydrogen-bond acceptors (Lipinski definition) is 9. The minimum absolute atomic E-state index is 0.131. The number of rotatable bonds is 8. The highest BCUT2D eigenvalue weighted by molar-refractivity contribution is 6.04. The largest absolute Gasteiger partial charge is 0.381 e. The van der Waals surface area contributed by atoms with Crippen LogP contribution in [0.25, 0.3) is 55.6 Å². The van der Waals surface area contributed by atoms with Crippen molar-refractivity contribution in [2.75, 3.05) is 5.73 Å². The molecule has 68 heavy (non-hydrogen) atoms. The molecule has 0 fully saturated rings. The Kier molecular flexibility index (Phi) is 12.4. The minimum atomic E-state index is -0.362. The number of hydrogen-bond donors (Lipinski definition) is 3. The Morgan fingerprint density at radius 3 is 1.53 bits per heavy atom. The fourth-order valence-electron chi connectivity index (χ4n) is 8.29. The van der Waals surface area contributed by atoms with E-state index in [1.807, 2.05) is 132 Å². The highest BCUT2D eigenvalue weighted by atomic mass is 16.2. The van der Waals surface area contributed by atoms with Crippen molar-refractivity contribution in [3.63, 3.8) is 0 Å². The van der Waals surface area contributed by atoms with E-state index in [1.54, 1.807) is 41.4 Å². The van der Waals surface area contributed by atoms with Gasteiger partial charge in [0.2, 0.25) is 0 Å². The molecule has 0 aliphatic rings. The number of para-hydroxylation sites is 2. The Balaban J connectivity index is 0.000000170. The van der Waals surface area contributed by atoms with Crippen molar-refractivity contribution >= 4 is 50.7 Å². The van der Waals surface area contributed by atoms with E-state index in [0.717, 1.165) is 66.6 Å². The quantitative estimate of drug-likeness (QED) is 0.126. The van der Waals surface area contributed by atoms with Gasteiger partial charge in [0.05, 0.1) is 51.3 Å². The maximum absolute atomic E-state index is 13.3. The molecule has 6 aromatic heterocycles. The van der Waals surface area contributed by atoms with Crippen molar-refractivity contribution < 1.29 is 9.59 Å². The number of nitrogens with two attached hydrogens (primary N) is 1. The Bertz CT molecular complexity index is 3430. The molecule has 4 N–H and O–H groups in total. The summed E-state index contributed by atoms with van der Waals surface area (Å²) in [5, 5.41) is 16.7. The molecule has 0 saturated carbocycles. The fraction of sp³-hybridized carbons (Fsp3) is 0.127. The van der Waals surface area contributed by atoms with Gasteiger partial charge >= 0.3 is 0 Å². The number of nitrogens with one attached hydrogen (secondary N) is 2. The zero-order chi connectivity index (χ0) is 47.3. The van der Waals surface area contributed by atoms with Gasteiger partial charge < -0.3 is 16.4 Å². The van der Waals surface area contributed by atoms with E-state index in [-0.39, 0.29) is 35.3 Å². The molecule has 0 aliphatic carbocycles.